The third-order valence-corrected chi connectivity index (χ3v) is 3.63. The van der Waals surface area contributed by atoms with Crippen molar-refractivity contribution in [3.05, 3.63) is 36.0 Å². The van der Waals surface area contributed by atoms with Gasteiger partial charge in [0.25, 0.3) is 0 Å². The molecule has 0 fully saturated rings. The number of benzene rings is 1. The van der Waals surface area contributed by atoms with Crippen LogP contribution in [-0.2, 0) is 10.5 Å². The van der Waals surface area contributed by atoms with Gasteiger partial charge in [0.1, 0.15) is 6.61 Å². The van der Waals surface area contributed by atoms with Gasteiger partial charge in [-0.05, 0) is 12.1 Å². The second kappa shape index (κ2) is 6.04. The normalized spacial score (nSPS) is 16.7. The average Bonchev–Trinajstić information content (AvgIpc) is 2.95. The lowest BCUT2D eigenvalue weighted by atomic mass is 10.2. The molecule has 110 valence electrons. The molecular weight excluding hydrogens is 296 g/mol. The molecule has 2 heterocycles. The first-order valence-electron chi connectivity index (χ1n) is 6.23. The summed E-state index contributed by atoms with van der Waals surface area (Å²) in [7, 11) is 0. The number of thioether (sulfide) groups is 1. The number of ether oxygens (including phenoxy) is 2. The highest BCUT2D eigenvalue weighted by Gasteiger charge is 2.26. The van der Waals surface area contributed by atoms with Crippen molar-refractivity contribution in [2.45, 2.75) is 11.9 Å². The maximum Gasteiger partial charge on any atom is 0.313 e. The van der Waals surface area contributed by atoms with Crippen LogP contribution in [0.3, 0.4) is 0 Å². The number of hydrogen-bond donors (Lipinski definition) is 1. The Morgan fingerprint density at radius 3 is 3.00 bits per heavy atom. The highest BCUT2D eigenvalue weighted by Crippen LogP contribution is 2.35. The summed E-state index contributed by atoms with van der Waals surface area (Å²) in [5, 5.41) is 12.4. The molecule has 8 heteroatoms. The van der Waals surface area contributed by atoms with E-state index < -0.39 is 12.1 Å². The van der Waals surface area contributed by atoms with Gasteiger partial charge in [-0.2, -0.15) is 4.98 Å². The predicted molar refractivity (Wildman–Crippen MR) is 73.4 cm³/mol. The van der Waals surface area contributed by atoms with Crippen LogP contribution in [-0.4, -0.2) is 33.6 Å². The smallest absolute Gasteiger partial charge is 0.313 e. The van der Waals surface area contributed by atoms with Crippen LogP contribution >= 0.6 is 11.8 Å². The SMILES string of the molecule is O=C(O)CSCc1nc(C2COc3ccccc3O2)no1. The number of aromatic nitrogens is 2. The average molecular weight is 308 g/mol. The summed E-state index contributed by atoms with van der Waals surface area (Å²) < 4.78 is 16.4. The summed E-state index contributed by atoms with van der Waals surface area (Å²) in [6, 6.07) is 7.37. The number of rotatable bonds is 5. The molecular formula is C13H12N2O5S. The highest BCUT2D eigenvalue weighted by atomic mass is 32.2. The third kappa shape index (κ3) is 3.27. The van der Waals surface area contributed by atoms with Crippen molar-refractivity contribution in [1.82, 2.24) is 10.1 Å². The van der Waals surface area contributed by atoms with E-state index >= 15 is 0 Å². The minimum atomic E-state index is -0.875. The number of carboxylic acid groups (broad SMARTS) is 1. The number of nitrogens with zero attached hydrogens (tertiary/aromatic N) is 2. The second-order valence-corrected chi connectivity index (χ2v) is 5.28. The van der Waals surface area contributed by atoms with Crippen molar-refractivity contribution in [3.63, 3.8) is 0 Å². The molecule has 2 aromatic rings. The summed E-state index contributed by atoms with van der Waals surface area (Å²) >= 11 is 1.20. The molecule has 0 saturated carbocycles. The molecule has 1 unspecified atom stereocenters. The highest BCUT2D eigenvalue weighted by molar-refractivity contribution is 7.99. The number of hydrogen-bond acceptors (Lipinski definition) is 7. The van der Waals surface area contributed by atoms with Crippen LogP contribution < -0.4 is 9.47 Å². The van der Waals surface area contributed by atoms with E-state index in [1.807, 2.05) is 24.3 Å². The van der Waals surface area contributed by atoms with E-state index in [0.717, 1.165) is 0 Å². The Bertz CT molecular complexity index is 645. The fourth-order valence-electron chi connectivity index (χ4n) is 1.83. The Morgan fingerprint density at radius 1 is 1.38 bits per heavy atom. The summed E-state index contributed by atoms with van der Waals surface area (Å²) in [5.41, 5.74) is 0. The van der Waals surface area contributed by atoms with Gasteiger partial charge >= 0.3 is 5.97 Å². The maximum atomic E-state index is 10.4. The first-order valence-corrected chi connectivity index (χ1v) is 7.38. The molecule has 1 aliphatic heterocycles. The summed E-state index contributed by atoms with van der Waals surface area (Å²) in [6.45, 7) is 0.304. The molecule has 21 heavy (non-hydrogen) atoms. The number of carbonyl (C=O) groups is 1. The molecule has 1 aromatic carbocycles. The molecule has 0 radical (unpaired) electrons. The molecule has 0 bridgehead atoms. The lowest BCUT2D eigenvalue weighted by molar-refractivity contribution is -0.133. The van der Waals surface area contributed by atoms with Gasteiger partial charge in [0.2, 0.25) is 11.7 Å². The fourth-order valence-corrected chi connectivity index (χ4v) is 2.40. The van der Waals surface area contributed by atoms with Gasteiger partial charge in [-0.1, -0.05) is 17.3 Å². The first-order chi connectivity index (χ1) is 10.2. The van der Waals surface area contributed by atoms with Crippen LogP contribution in [0.4, 0.5) is 0 Å². The molecule has 0 aliphatic carbocycles. The monoisotopic (exact) mass is 308 g/mol. The van der Waals surface area contributed by atoms with E-state index in [0.29, 0.717) is 35.6 Å². The number of carboxylic acids is 1. The lowest BCUT2D eigenvalue weighted by Gasteiger charge is -2.24. The Morgan fingerprint density at radius 2 is 2.19 bits per heavy atom. The van der Waals surface area contributed by atoms with Crippen LogP contribution in [0.25, 0.3) is 0 Å². The van der Waals surface area contributed by atoms with Crippen molar-refractivity contribution >= 4 is 17.7 Å². The zero-order valence-electron chi connectivity index (χ0n) is 10.9. The molecule has 0 amide bonds. The van der Waals surface area contributed by atoms with Gasteiger partial charge in [0, 0.05) is 0 Å². The third-order valence-electron chi connectivity index (χ3n) is 2.73. The van der Waals surface area contributed by atoms with Gasteiger partial charge < -0.3 is 19.1 Å². The molecule has 7 nitrogen and oxygen atoms in total. The molecule has 0 saturated heterocycles. The Balaban J connectivity index is 1.63. The minimum Gasteiger partial charge on any atom is -0.485 e. The summed E-state index contributed by atoms with van der Waals surface area (Å²) in [4.78, 5) is 14.6. The van der Waals surface area contributed by atoms with Gasteiger partial charge in [-0.25, -0.2) is 0 Å². The van der Waals surface area contributed by atoms with Gasteiger partial charge in [0.05, 0.1) is 11.5 Å². The lowest BCUT2D eigenvalue weighted by Crippen LogP contribution is -2.22. The summed E-state index contributed by atoms with van der Waals surface area (Å²) in [5.74, 6) is 1.57. The Hall–Kier alpha value is -2.22. The molecule has 3 rings (SSSR count). The number of para-hydroxylation sites is 2. The van der Waals surface area contributed by atoms with E-state index in [1.54, 1.807) is 0 Å². The second-order valence-electron chi connectivity index (χ2n) is 4.30. The number of aliphatic carboxylic acids is 1. The molecule has 1 aliphatic rings. The number of fused-ring (bicyclic) bond motifs is 1. The van der Waals surface area contributed by atoms with Crippen molar-refractivity contribution in [2.75, 3.05) is 12.4 Å². The van der Waals surface area contributed by atoms with Crippen LogP contribution in [0, 0.1) is 0 Å². The minimum absolute atomic E-state index is 0.00583. The Labute approximate surface area is 124 Å². The van der Waals surface area contributed by atoms with Gasteiger partial charge in [-0.3, -0.25) is 4.79 Å². The van der Waals surface area contributed by atoms with Crippen molar-refractivity contribution in [2.24, 2.45) is 0 Å². The van der Waals surface area contributed by atoms with E-state index in [9.17, 15) is 4.79 Å². The van der Waals surface area contributed by atoms with Crippen LogP contribution in [0.15, 0.2) is 28.8 Å². The van der Waals surface area contributed by atoms with E-state index in [1.165, 1.54) is 11.8 Å². The van der Waals surface area contributed by atoms with E-state index in [2.05, 4.69) is 10.1 Å². The van der Waals surface area contributed by atoms with E-state index in [-0.39, 0.29) is 5.75 Å². The summed E-state index contributed by atoms with van der Waals surface area (Å²) in [6.07, 6.45) is -0.429. The van der Waals surface area contributed by atoms with Crippen molar-refractivity contribution in [3.8, 4) is 11.5 Å². The van der Waals surface area contributed by atoms with Gasteiger partial charge in [0.15, 0.2) is 17.6 Å². The largest absolute Gasteiger partial charge is 0.485 e. The Kier molecular flexibility index (Phi) is 3.96. The zero-order chi connectivity index (χ0) is 14.7. The molecule has 1 N–H and O–H groups in total. The van der Waals surface area contributed by atoms with Crippen molar-refractivity contribution < 1.29 is 23.9 Å². The fraction of sp³-hybridized carbons (Fsp3) is 0.308. The van der Waals surface area contributed by atoms with Crippen molar-refractivity contribution in [1.29, 1.82) is 0 Å². The van der Waals surface area contributed by atoms with Crippen LogP contribution in [0.5, 0.6) is 11.5 Å². The zero-order valence-corrected chi connectivity index (χ0v) is 11.7. The first kappa shape index (κ1) is 13.7. The van der Waals surface area contributed by atoms with Gasteiger partial charge in [-0.15, -0.1) is 11.8 Å². The predicted octanol–water partition coefficient (Wildman–Crippen LogP) is 1.90. The molecule has 1 atom stereocenters. The topological polar surface area (TPSA) is 94.7 Å². The molecule has 0 spiro atoms. The molecule has 1 aromatic heterocycles. The maximum absolute atomic E-state index is 10.4. The standard InChI is InChI=1S/C13H12N2O5S/c16-12(17)7-21-6-11-14-13(15-20-11)10-5-18-8-3-1-2-4-9(8)19-10/h1-4,10H,5-7H2,(H,16,17). The quantitative estimate of drug-likeness (QED) is 0.895. The van der Waals surface area contributed by atoms with E-state index in [4.69, 9.17) is 19.1 Å². The van der Waals surface area contributed by atoms with Crippen LogP contribution in [0.1, 0.15) is 17.8 Å². The van der Waals surface area contributed by atoms with Crippen LogP contribution in [0.2, 0.25) is 0 Å².